The monoisotopic (exact) mass is 297 g/mol. The average Bonchev–Trinajstić information content (AvgIpc) is 2.55. The Balaban J connectivity index is 1.99. The van der Waals surface area contributed by atoms with E-state index in [1.165, 1.54) is 24.8 Å². The second-order valence-electron chi connectivity index (χ2n) is 5.44. The van der Waals surface area contributed by atoms with Crippen LogP contribution in [0.3, 0.4) is 0 Å². The summed E-state index contributed by atoms with van der Waals surface area (Å²) >= 11 is 0. The molecule has 3 nitrogen and oxygen atoms in total. The van der Waals surface area contributed by atoms with Gasteiger partial charge >= 0.3 is 0 Å². The molecule has 2 aromatic rings. The number of benzene rings is 1. The molecule has 0 saturated carbocycles. The zero-order valence-electron chi connectivity index (χ0n) is 13.3. The molecule has 1 aromatic heterocycles. The minimum Gasteiger partial charge on any atom is -0.497 e. The van der Waals surface area contributed by atoms with Crippen LogP contribution in [0.4, 0.5) is 0 Å². The lowest BCUT2D eigenvalue weighted by molar-refractivity contribution is 0.0992. The third-order valence-corrected chi connectivity index (χ3v) is 3.70. The zero-order valence-corrected chi connectivity index (χ0v) is 13.3. The van der Waals surface area contributed by atoms with Crippen LogP contribution in [0.2, 0.25) is 0 Å². The van der Waals surface area contributed by atoms with Crippen molar-refractivity contribution in [3.05, 3.63) is 59.4 Å². The van der Waals surface area contributed by atoms with Gasteiger partial charge in [0.05, 0.1) is 13.5 Å². The van der Waals surface area contributed by atoms with Crippen LogP contribution < -0.4 is 4.74 Å². The van der Waals surface area contributed by atoms with Crippen LogP contribution >= 0.6 is 0 Å². The van der Waals surface area contributed by atoms with E-state index >= 15 is 0 Å². The van der Waals surface area contributed by atoms with Gasteiger partial charge < -0.3 is 4.74 Å². The maximum absolute atomic E-state index is 12.3. The van der Waals surface area contributed by atoms with E-state index in [1.54, 1.807) is 25.4 Å². The number of ether oxygens (including phenoxy) is 1. The summed E-state index contributed by atoms with van der Waals surface area (Å²) in [5, 5.41) is 0. The van der Waals surface area contributed by atoms with E-state index in [0.29, 0.717) is 12.0 Å². The van der Waals surface area contributed by atoms with E-state index in [-0.39, 0.29) is 5.78 Å². The van der Waals surface area contributed by atoms with Crippen LogP contribution in [0.1, 0.15) is 47.8 Å². The van der Waals surface area contributed by atoms with Crippen molar-refractivity contribution in [1.82, 2.24) is 4.98 Å². The largest absolute Gasteiger partial charge is 0.497 e. The van der Waals surface area contributed by atoms with Crippen LogP contribution in [0, 0.1) is 0 Å². The highest BCUT2D eigenvalue weighted by atomic mass is 16.5. The van der Waals surface area contributed by atoms with Crippen molar-refractivity contribution in [3.63, 3.8) is 0 Å². The van der Waals surface area contributed by atoms with Crippen LogP contribution in [0.25, 0.3) is 0 Å². The van der Waals surface area contributed by atoms with Gasteiger partial charge in [0, 0.05) is 17.5 Å². The number of aromatic nitrogens is 1. The Labute approximate surface area is 132 Å². The van der Waals surface area contributed by atoms with Crippen molar-refractivity contribution in [1.29, 1.82) is 0 Å². The number of hydrogen-bond donors (Lipinski definition) is 0. The average molecular weight is 297 g/mol. The fourth-order valence-corrected chi connectivity index (χ4v) is 2.40. The van der Waals surface area contributed by atoms with Crippen molar-refractivity contribution < 1.29 is 9.53 Å². The number of unbranched alkanes of at least 4 members (excludes halogenated alkanes) is 2. The molecule has 0 atom stereocenters. The summed E-state index contributed by atoms with van der Waals surface area (Å²) in [6.45, 7) is 2.20. The highest BCUT2D eigenvalue weighted by Crippen LogP contribution is 2.14. The minimum atomic E-state index is 0.0841. The molecule has 0 fully saturated rings. The van der Waals surface area contributed by atoms with Gasteiger partial charge in [-0.05, 0) is 54.8 Å². The number of pyridine rings is 1. The summed E-state index contributed by atoms with van der Waals surface area (Å²) in [7, 11) is 1.62. The normalized spacial score (nSPS) is 10.5. The summed E-state index contributed by atoms with van der Waals surface area (Å²) < 4.78 is 5.11. The number of ketones is 1. The van der Waals surface area contributed by atoms with Gasteiger partial charge in [-0.2, -0.15) is 0 Å². The molecule has 0 aliphatic rings. The smallest absolute Gasteiger partial charge is 0.168 e. The molecule has 0 aliphatic heterocycles. The molecule has 0 unspecified atom stereocenters. The van der Waals surface area contributed by atoms with E-state index in [2.05, 4.69) is 18.0 Å². The molecular formula is C19H23NO2. The van der Waals surface area contributed by atoms with Crippen molar-refractivity contribution in [2.24, 2.45) is 0 Å². The van der Waals surface area contributed by atoms with Gasteiger partial charge in [-0.1, -0.05) is 19.8 Å². The highest BCUT2D eigenvalue weighted by Gasteiger charge is 2.08. The van der Waals surface area contributed by atoms with E-state index in [9.17, 15) is 4.79 Å². The quantitative estimate of drug-likeness (QED) is 0.540. The van der Waals surface area contributed by atoms with E-state index < -0.39 is 0 Å². The van der Waals surface area contributed by atoms with Gasteiger partial charge in [-0.3, -0.25) is 9.78 Å². The molecular weight excluding hydrogens is 274 g/mol. The number of Topliss-reactive ketones (excluding diaryl/α,β-unsaturated/α-hetero) is 1. The number of carbonyl (C=O) groups excluding carboxylic acids is 1. The van der Waals surface area contributed by atoms with Gasteiger partial charge in [0.2, 0.25) is 0 Å². The molecule has 2 rings (SSSR count). The Morgan fingerprint density at radius 3 is 2.59 bits per heavy atom. The molecule has 0 aliphatic carbocycles. The number of carbonyl (C=O) groups is 1. The van der Waals surface area contributed by atoms with Crippen molar-refractivity contribution in [3.8, 4) is 5.75 Å². The molecule has 0 bridgehead atoms. The lowest BCUT2D eigenvalue weighted by Gasteiger charge is -2.05. The van der Waals surface area contributed by atoms with Crippen LogP contribution in [0.5, 0.6) is 5.75 Å². The van der Waals surface area contributed by atoms with Crippen LogP contribution in [-0.2, 0) is 12.8 Å². The summed E-state index contributed by atoms with van der Waals surface area (Å²) in [5.41, 5.74) is 2.80. The lowest BCUT2D eigenvalue weighted by Crippen LogP contribution is -2.05. The molecule has 3 heteroatoms. The second-order valence-corrected chi connectivity index (χ2v) is 5.44. The fraction of sp³-hybridized carbons (Fsp3) is 0.368. The standard InChI is InChI=1S/C19H23NO2/c1-3-4-5-6-15-11-12-20-17(13-15)14-19(21)16-7-9-18(22-2)10-8-16/h7-13H,3-6,14H2,1-2H3. The molecule has 0 N–H and O–H groups in total. The highest BCUT2D eigenvalue weighted by molar-refractivity contribution is 5.97. The van der Waals surface area contributed by atoms with Crippen molar-refractivity contribution in [2.75, 3.05) is 7.11 Å². The first kappa shape index (κ1) is 16.2. The maximum Gasteiger partial charge on any atom is 0.168 e. The molecule has 0 saturated heterocycles. The first-order chi connectivity index (χ1) is 10.7. The number of methoxy groups -OCH3 is 1. The summed E-state index contributed by atoms with van der Waals surface area (Å²) in [6, 6.07) is 11.3. The number of nitrogens with zero attached hydrogens (tertiary/aromatic N) is 1. The second kappa shape index (κ2) is 8.32. The van der Waals surface area contributed by atoms with Crippen LogP contribution in [0.15, 0.2) is 42.6 Å². The molecule has 0 radical (unpaired) electrons. The molecule has 0 amide bonds. The summed E-state index contributed by atoms with van der Waals surface area (Å²) in [4.78, 5) is 16.6. The Morgan fingerprint density at radius 2 is 1.91 bits per heavy atom. The Morgan fingerprint density at radius 1 is 1.14 bits per heavy atom. The van der Waals surface area contributed by atoms with Crippen molar-refractivity contribution >= 4 is 5.78 Å². The van der Waals surface area contributed by atoms with E-state index in [0.717, 1.165) is 17.9 Å². The van der Waals surface area contributed by atoms with E-state index in [4.69, 9.17) is 4.74 Å². The van der Waals surface area contributed by atoms with Gasteiger partial charge in [0.25, 0.3) is 0 Å². The van der Waals surface area contributed by atoms with Crippen molar-refractivity contribution in [2.45, 2.75) is 39.0 Å². The van der Waals surface area contributed by atoms with Gasteiger partial charge in [-0.25, -0.2) is 0 Å². The third kappa shape index (κ3) is 4.69. The topological polar surface area (TPSA) is 39.2 Å². The third-order valence-electron chi connectivity index (χ3n) is 3.70. The molecule has 1 heterocycles. The maximum atomic E-state index is 12.3. The van der Waals surface area contributed by atoms with Gasteiger partial charge in [-0.15, -0.1) is 0 Å². The zero-order chi connectivity index (χ0) is 15.8. The van der Waals surface area contributed by atoms with Crippen LogP contribution in [-0.4, -0.2) is 17.9 Å². The SMILES string of the molecule is CCCCCc1ccnc(CC(=O)c2ccc(OC)cc2)c1. The lowest BCUT2D eigenvalue weighted by atomic mass is 10.0. The summed E-state index contributed by atoms with van der Waals surface area (Å²) in [6.07, 6.45) is 6.84. The number of rotatable bonds is 8. The minimum absolute atomic E-state index is 0.0841. The summed E-state index contributed by atoms with van der Waals surface area (Å²) in [5.74, 6) is 0.841. The Bertz CT molecular complexity index is 605. The molecule has 1 aromatic carbocycles. The molecule has 0 spiro atoms. The molecule has 116 valence electrons. The first-order valence-corrected chi connectivity index (χ1v) is 7.84. The molecule has 22 heavy (non-hydrogen) atoms. The Kier molecular flexibility index (Phi) is 6.13. The fourth-order valence-electron chi connectivity index (χ4n) is 2.40. The number of aryl methyl sites for hydroxylation is 1. The van der Waals surface area contributed by atoms with E-state index in [1.807, 2.05) is 18.2 Å². The predicted octanol–water partition coefficient (Wildman–Crippen LogP) is 4.25. The predicted molar refractivity (Wildman–Crippen MR) is 88.5 cm³/mol. The Hall–Kier alpha value is -2.16. The first-order valence-electron chi connectivity index (χ1n) is 7.84. The van der Waals surface area contributed by atoms with Gasteiger partial charge in [0.15, 0.2) is 5.78 Å². The van der Waals surface area contributed by atoms with Gasteiger partial charge in [0.1, 0.15) is 5.75 Å². The number of hydrogen-bond acceptors (Lipinski definition) is 3.